The summed E-state index contributed by atoms with van der Waals surface area (Å²) in [6.07, 6.45) is 0. The van der Waals surface area contributed by atoms with Crippen LogP contribution in [0.1, 0.15) is 0 Å². The molecule has 0 aliphatic heterocycles. The molecule has 0 N–H and O–H groups in total. The molecule has 3 nitrogen and oxygen atoms in total. The van der Waals surface area contributed by atoms with Crippen LogP contribution in [-0.2, 0) is 0 Å². The molecule has 1 heterocycles. The van der Waals surface area contributed by atoms with Crippen molar-refractivity contribution in [1.29, 1.82) is 0 Å². The Morgan fingerprint density at radius 1 is 0.306 bits per heavy atom. The van der Waals surface area contributed by atoms with Crippen LogP contribution in [0.15, 0.2) is 247 Å². The number of hydrogen-bond donors (Lipinski definition) is 0. The van der Waals surface area contributed by atoms with E-state index in [0.29, 0.717) is 5.89 Å². The normalized spacial score (nSPS) is 11.2. The zero-order valence-electron chi connectivity index (χ0n) is 33.9. The van der Waals surface area contributed by atoms with E-state index in [0.717, 1.165) is 77.9 Å². The maximum atomic E-state index is 6.52. The van der Waals surface area contributed by atoms with Crippen LogP contribution in [0.5, 0.6) is 0 Å². The molecule has 0 radical (unpaired) electrons. The first-order chi connectivity index (χ1) is 30.7. The number of rotatable bonds is 9. The fraction of sp³-hybridized carbons (Fsp3) is 0. The van der Waals surface area contributed by atoms with Crippen molar-refractivity contribution in [2.45, 2.75) is 0 Å². The number of fused-ring (bicyclic) bond motifs is 3. The van der Waals surface area contributed by atoms with Gasteiger partial charge in [-0.1, -0.05) is 188 Å². The third kappa shape index (κ3) is 6.92. The molecule has 1 aromatic heterocycles. The average molecular weight is 793 g/mol. The third-order valence-corrected chi connectivity index (χ3v) is 11.7. The Bertz CT molecular complexity index is 3310. The van der Waals surface area contributed by atoms with Gasteiger partial charge in [0, 0.05) is 27.9 Å². The molecular weight excluding hydrogens is 753 g/mol. The lowest BCUT2D eigenvalue weighted by Gasteiger charge is -2.29. The number of oxazole rings is 1. The van der Waals surface area contributed by atoms with Crippen LogP contribution in [-0.4, -0.2) is 4.98 Å². The van der Waals surface area contributed by atoms with Gasteiger partial charge >= 0.3 is 0 Å². The fourth-order valence-corrected chi connectivity index (χ4v) is 8.70. The second-order valence-corrected chi connectivity index (χ2v) is 15.5. The zero-order valence-corrected chi connectivity index (χ0v) is 33.9. The van der Waals surface area contributed by atoms with E-state index in [1.807, 2.05) is 30.3 Å². The predicted molar refractivity (Wildman–Crippen MR) is 259 cm³/mol. The predicted octanol–water partition coefficient (Wildman–Crippen LogP) is 16.5. The summed E-state index contributed by atoms with van der Waals surface area (Å²) >= 11 is 0. The highest BCUT2D eigenvalue weighted by Crippen LogP contribution is 2.46. The first kappa shape index (κ1) is 36.8. The summed E-state index contributed by atoms with van der Waals surface area (Å²) in [7, 11) is 0. The summed E-state index contributed by atoms with van der Waals surface area (Å²) in [4.78, 5) is 7.30. The quantitative estimate of drug-likeness (QED) is 0.146. The Morgan fingerprint density at radius 3 is 1.48 bits per heavy atom. The topological polar surface area (TPSA) is 29.3 Å². The summed E-state index contributed by atoms with van der Waals surface area (Å²) in [6, 6.07) is 86.3. The second kappa shape index (κ2) is 16.1. The Kier molecular flexibility index (Phi) is 9.53. The molecule has 0 aliphatic carbocycles. The van der Waals surface area contributed by atoms with Crippen LogP contribution in [0.3, 0.4) is 0 Å². The maximum Gasteiger partial charge on any atom is 0.227 e. The Hall–Kier alpha value is -8.27. The van der Waals surface area contributed by atoms with Crippen LogP contribution in [0.4, 0.5) is 17.1 Å². The molecule has 0 atom stereocenters. The average Bonchev–Trinajstić information content (AvgIpc) is 3.81. The molecule has 0 spiro atoms. The van der Waals surface area contributed by atoms with Crippen molar-refractivity contribution in [3.05, 3.63) is 243 Å². The van der Waals surface area contributed by atoms with Gasteiger partial charge in [-0.2, -0.15) is 0 Å². The molecule has 0 unspecified atom stereocenters. The molecule has 0 saturated heterocycles. The molecule has 11 aromatic rings. The molecule has 62 heavy (non-hydrogen) atoms. The van der Waals surface area contributed by atoms with E-state index >= 15 is 0 Å². The highest BCUT2D eigenvalue weighted by atomic mass is 16.3. The smallest absolute Gasteiger partial charge is 0.227 e. The first-order valence-electron chi connectivity index (χ1n) is 21.0. The first-order valence-corrected chi connectivity index (χ1v) is 21.0. The molecule has 0 fully saturated rings. The van der Waals surface area contributed by atoms with Crippen molar-refractivity contribution in [2.75, 3.05) is 4.90 Å². The summed E-state index contributed by atoms with van der Waals surface area (Å²) in [5, 5.41) is 2.14. The van der Waals surface area contributed by atoms with Gasteiger partial charge < -0.3 is 9.32 Å². The summed E-state index contributed by atoms with van der Waals surface area (Å²) in [5.74, 6) is 0.622. The van der Waals surface area contributed by atoms with E-state index in [1.54, 1.807) is 0 Å². The monoisotopic (exact) mass is 792 g/mol. The SMILES string of the molecule is c1ccc(-c2ccc(N(c3ccc(-c4cccc5c4ccc4nc(-c6ccccc6)oc45)c(-c4ccccc4)c3)c3ccc(-c4ccccc4)cc3-c3ccccc3)cc2)cc1. The van der Waals surface area contributed by atoms with E-state index < -0.39 is 0 Å². The lowest BCUT2D eigenvalue weighted by molar-refractivity contribution is 0.623. The number of benzene rings is 10. The van der Waals surface area contributed by atoms with Gasteiger partial charge in [0.1, 0.15) is 5.52 Å². The standard InChI is InChI=1S/C59H40N2O/c1-6-17-41(18-7-1)43-29-32-48(33-30-43)61(57-38-31-47(42-19-8-2-9-20-42)39-55(57)45-23-12-4-13-24-45)49-34-35-52(54(40-49)44-21-10-3-11-22-44)50-27-16-28-53-51(50)36-37-56-58(53)62-59(60-56)46-25-14-5-15-26-46/h1-40H. The van der Waals surface area contributed by atoms with Crippen molar-refractivity contribution in [3.8, 4) is 67.1 Å². The summed E-state index contributed by atoms with van der Waals surface area (Å²) in [5.41, 5.74) is 17.3. The van der Waals surface area contributed by atoms with E-state index in [-0.39, 0.29) is 0 Å². The maximum absolute atomic E-state index is 6.52. The molecule has 3 heteroatoms. The van der Waals surface area contributed by atoms with Gasteiger partial charge in [0.15, 0.2) is 5.58 Å². The molecule has 11 rings (SSSR count). The van der Waals surface area contributed by atoms with Crippen molar-refractivity contribution >= 4 is 38.9 Å². The van der Waals surface area contributed by atoms with E-state index in [4.69, 9.17) is 9.40 Å². The molecule has 0 bridgehead atoms. The van der Waals surface area contributed by atoms with Gasteiger partial charge in [0.05, 0.1) is 5.69 Å². The summed E-state index contributed by atoms with van der Waals surface area (Å²) in [6.45, 7) is 0. The Morgan fingerprint density at radius 2 is 0.839 bits per heavy atom. The molecule has 0 amide bonds. The van der Waals surface area contributed by atoms with Crippen LogP contribution in [0.25, 0.3) is 89.0 Å². The van der Waals surface area contributed by atoms with Gasteiger partial charge in [-0.25, -0.2) is 4.98 Å². The van der Waals surface area contributed by atoms with Crippen molar-refractivity contribution < 1.29 is 4.42 Å². The Balaban J connectivity index is 1.12. The van der Waals surface area contributed by atoms with Crippen molar-refractivity contribution in [1.82, 2.24) is 4.98 Å². The second-order valence-electron chi connectivity index (χ2n) is 15.5. The summed E-state index contributed by atoms with van der Waals surface area (Å²) < 4.78 is 6.52. The minimum atomic E-state index is 0.622. The lowest BCUT2D eigenvalue weighted by atomic mass is 9.90. The van der Waals surface area contributed by atoms with Gasteiger partial charge in [-0.15, -0.1) is 0 Å². The van der Waals surface area contributed by atoms with Crippen LogP contribution < -0.4 is 4.90 Å². The highest BCUT2D eigenvalue weighted by Gasteiger charge is 2.22. The van der Waals surface area contributed by atoms with Gasteiger partial charge in [0.25, 0.3) is 0 Å². The largest absolute Gasteiger partial charge is 0.435 e. The molecule has 0 saturated carbocycles. The van der Waals surface area contributed by atoms with Gasteiger partial charge in [-0.3, -0.25) is 0 Å². The lowest BCUT2D eigenvalue weighted by Crippen LogP contribution is -2.12. The van der Waals surface area contributed by atoms with E-state index in [9.17, 15) is 0 Å². The van der Waals surface area contributed by atoms with E-state index in [1.165, 1.54) is 22.3 Å². The van der Waals surface area contributed by atoms with Crippen molar-refractivity contribution in [2.24, 2.45) is 0 Å². The number of nitrogens with zero attached hydrogens (tertiary/aromatic N) is 2. The molecule has 0 aliphatic rings. The van der Waals surface area contributed by atoms with E-state index in [2.05, 4.69) is 217 Å². The van der Waals surface area contributed by atoms with Crippen LogP contribution in [0, 0.1) is 0 Å². The number of aromatic nitrogens is 1. The molecule has 10 aromatic carbocycles. The molecular formula is C59H40N2O. The van der Waals surface area contributed by atoms with Crippen LogP contribution >= 0.6 is 0 Å². The minimum Gasteiger partial charge on any atom is -0.435 e. The number of anilines is 3. The fourth-order valence-electron chi connectivity index (χ4n) is 8.70. The zero-order chi connectivity index (χ0) is 41.2. The molecule has 292 valence electrons. The Labute approximate surface area is 361 Å². The van der Waals surface area contributed by atoms with Gasteiger partial charge in [0.2, 0.25) is 5.89 Å². The highest BCUT2D eigenvalue weighted by molar-refractivity contribution is 6.11. The van der Waals surface area contributed by atoms with Crippen molar-refractivity contribution in [3.63, 3.8) is 0 Å². The van der Waals surface area contributed by atoms with Crippen LogP contribution in [0.2, 0.25) is 0 Å². The number of hydrogen-bond acceptors (Lipinski definition) is 3. The van der Waals surface area contributed by atoms with Gasteiger partial charge in [-0.05, 0) is 110 Å². The minimum absolute atomic E-state index is 0.622. The third-order valence-electron chi connectivity index (χ3n) is 11.7.